The Morgan fingerprint density at radius 1 is 0.767 bits per heavy atom. The SMILES string of the molecule is CC(C)(C)C(=O)Oc1ccc(OC(=O)c2ccncn2)c2c1C1c3ccccc3C2(Cc2ccccc2)c2ccccc21. The molecule has 6 nitrogen and oxygen atoms in total. The molecule has 3 aliphatic carbocycles. The molecule has 8 rings (SSSR count). The third kappa shape index (κ3) is 4.24. The van der Waals surface area contributed by atoms with Crippen LogP contribution in [0.2, 0.25) is 0 Å². The number of nitrogens with zero attached hydrogens (tertiary/aromatic N) is 2. The number of esters is 2. The molecule has 212 valence electrons. The third-order valence-corrected chi connectivity index (χ3v) is 8.47. The molecule has 0 atom stereocenters. The Hall–Kier alpha value is -5.10. The van der Waals surface area contributed by atoms with Crippen LogP contribution < -0.4 is 9.47 Å². The molecular weight excluding hydrogens is 536 g/mol. The summed E-state index contributed by atoms with van der Waals surface area (Å²) in [6, 6.07) is 32.3. The first kappa shape index (κ1) is 26.8. The molecule has 6 heteroatoms. The normalized spacial score (nSPS) is 17.8. The Balaban J connectivity index is 1.54. The molecule has 3 aliphatic rings. The molecule has 0 N–H and O–H groups in total. The maximum absolute atomic E-state index is 13.5. The monoisotopic (exact) mass is 566 g/mol. The second-order valence-electron chi connectivity index (χ2n) is 12.1. The van der Waals surface area contributed by atoms with E-state index in [1.807, 2.05) is 39.0 Å². The van der Waals surface area contributed by atoms with Crippen LogP contribution in [0.5, 0.6) is 11.5 Å². The largest absolute Gasteiger partial charge is 0.426 e. The number of ether oxygens (including phenoxy) is 2. The zero-order valence-corrected chi connectivity index (χ0v) is 24.2. The molecule has 4 aromatic carbocycles. The zero-order chi connectivity index (χ0) is 29.8. The molecule has 1 heterocycles. The average Bonchev–Trinajstić information content (AvgIpc) is 3.02. The first-order valence-corrected chi connectivity index (χ1v) is 14.4. The average molecular weight is 567 g/mol. The fourth-order valence-corrected chi connectivity index (χ4v) is 6.65. The van der Waals surface area contributed by atoms with Gasteiger partial charge in [0.2, 0.25) is 0 Å². The fourth-order valence-electron chi connectivity index (χ4n) is 6.65. The zero-order valence-electron chi connectivity index (χ0n) is 24.2. The molecule has 2 bridgehead atoms. The molecule has 0 aliphatic heterocycles. The summed E-state index contributed by atoms with van der Waals surface area (Å²) in [5.74, 6) is -0.245. The maximum atomic E-state index is 13.5. The minimum atomic E-state index is -0.732. The van der Waals surface area contributed by atoms with Gasteiger partial charge in [-0.2, -0.15) is 0 Å². The molecule has 0 fully saturated rings. The Morgan fingerprint density at radius 3 is 2.02 bits per heavy atom. The van der Waals surface area contributed by atoms with Crippen LogP contribution in [0.3, 0.4) is 0 Å². The summed E-state index contributed by atoms with van der Waals surface area (Å²) in [6.45, 7) is 5.52. The number of aromatic nitrogens is 2. The highest BCUT2D eigenvalue weighted by atomic mass is 16.5. The van der Waals surface area contributed by atoms with Gasteiger partial charge in [-0.1, -0.05) is 78.9 Å². The molecule has 5 aromatic rings. The van der Waals surface area contributed by atoms with Crippen LogP contribution in [-0.4, -0.2) is 21.9 Å². The van der Waals surface area contributed by atoms with Crippen LogP contribution in [0, 0.1) is 5.41 Å². The van der Waals surface area contributed by atoms with Gasteiger partial charge in [-0.25, -0.2) is 14.8 Å². The highest BCUT2D eigenvalue weighted by Crippen LogP contribution is 2.64. The molecule has 1 aromatic heterocycles. The maximum Gasteiger partial charge on any atom is 0.362 e. The minimum absolute atomic E-state index is 0.158. The van der Waals surface area contributed by atoms with E-state index in [4.69, 9.17) is 9.47 Å². The van der Waals surface area contributed by atoms with Gasteiger partial charge in [0.05, 0.1) is 10.8 Å². The highest BCUT2D eigenvalue weighted by molar-refractivity contribution is 5.90. The Labute approximate surface area is 250 Å². The van der Waals surface area contributed by atoms with E-state index in [0.717, 1.165) is 38.9 Å². The Kier molecular flexibility index (Phi) is 6.24. The van der Waals surface area contributed by atoms with Gasteiger partial charge in [-0.15, -0.1) is 0 Å². The molecule has 0 radical (unpaired) electrons. The van der Waals surface area contributed by atoms with Crippen molar-refractivity contribution in [1.82, 2.24) is 9.97 Å². The topological polar surface area (TPSA) is 78.4 Å². The van der Waals surface area contributed by atoms with Crippen LogP contribution in [0.15, 0.2) is 110 Å². The van der Waals surface area contributed by atoms with E-state index in [1.54, 1.807) is 12.1 Å². The second kappa shape index (κ2) is 10.0. The molecule has 0 amide bonds. The Bertz CT molecular complexity index is 1830. The van der Waals surface area contributed by atoms with E-state index < -0.39 is 16.8 Å². The quantitative estimate of drug-likeness (QED) is 0.168. The first-order valence-electron chi connectivity index (χ1n) is 14.4. The molecule has 0 unspecified atom stereocenters. The summed E-state index contributed by atoms with van der Waals surface area (Å²) in [5.41, 5.74) is 6.12. The summed E-state index contributed by atoms with van der Waals surface area (Å²) >= 11 is 0. The summed E-state index contributed by atoms with van der Waals surface area (Å²) in [7, 11) is 0. The van der Waals surface area contributed by atoms with Crippen molar-refractivity contribution in [2.75, 3.05) is 0 Å². The van der Waals surface area contributed by atoms with Crippen molar-refractivity contribution in [2.45, 2.75) is 38.5 Å². The number of hydrogen-bond donors (Lipinski definition) is 0. The van der Waals surface area contributed by atoms with Gasteiger partial charge in [0.1, 0.15) is 17.8 Å². The smallest absolute Gasteiger partial charge is 0.362 e. The summed E-state index contributed by atoms with van der Waals surface area (Å²) in [5, 5.41) is 0. The van der Waals surface area contributed by atoms with Crippen LogP contribution >= 0.6 is 0 Å². The van der Waals surface area contributed by atoms with Gasteiger partial charge in [0.25, 0.3) is 0 Å². The predicted octanol–water partition coefficient (Wildman–Crippen LogP) is 7.03. The molecular formula is C37H30N2O4. The second-order valence-corrected chi connectivity index (χ2v) is 12.1. The van der Waals surface area contributed by atoms with E-state index in [9.17, 15) is 9.59 Å². The van der Waals surface area contributed by atoms with Gasteiger partial charge < -0.3 is 9.47 Å². The van der Waals surface area contributed by atoms with Crippen molar-refractivity contribution < 1.29 is 19.1 Å². The summed E-state index contributed by atoms with van der Waals surface area (Å²) < 4.78 is 12.4. The number of carbonyl (C=O) groups is 2. The summed E-state index contributed by atoms with van der Waals surface area (Å²) in [6.07, 6.45) is 3.45. The van der Waals surface area contributed by atoms with Crippen molar-refractivity contribution in [3.05, 3.63) is 154 Å². The van der Waals surface area contributed by atoms with Gasteiger partial charge in [-0.3, -0.25) is 4.79 Å². The number of benzene rings is 4. The highest BCUT2D eigenvalue weighted by Gasteiger charge is 2.54. The molecule has 0 spiro atoms. The fraction of sp³-hybridized carbons (Fsp3) is 0.189. The number of carbonyl (C=O) groups excluding carboxylic acids is 2. The van der Waals surface area contributed by atoms with E-state index in [1.165, 1.54) is 18.6 Å². The van der Waals surface area contributed by atoms with E-state index in [-0.39, 0.29) is 17.6 Å². The number of hydrogen-bond acceptors (Lipinski definition) is 6. The standard InChI is InChI=1S/C37H30N2O4/c1-36(2,3)35(41)43-29-17-18-30(42-34(40)28-19-20-38-22-39-28)33-32(29)31-24-13-7-9-15-26(24)37(33,21-23-11-5-4-6-12-23)27-16-10-8-14-25(27)31/h4-20,22,31H,21H2,1-3H3. The van der Waals surface area contributed by atoms with Gasteiger partial charge >= 0.3 is 11.9 Å². The van der Waals surface area contributed by atoms with E-state index in [0.29, 0.717) is 17.9 Å². The minimum Gasteiger partial charge on any atom is -0.426 e. The van der Waals surface area contributed by atoms with Crippen molar-refractivity contribution in [2.24, 2.45) is 5.41 Å². The third-order valence-electron chi connectivity index (χ3n) is 8.47. The van der Waals surface area contributed by atoms with Crippen molar-refractivity contribution >= 4 is 11.9 Å². The van der Waals surface area contributed by atoms with E-state index in [2.05, 4.69) is 70.6 Å². The van der Waals surface area contributed by atoms with Crippen molar-refractivity contribution in [1.29, 1.82) is 0 Å². The van der Waals surface area contributed by atoms with Crippen LogP contribution in [0.4, 0.5) is 0 Å². The lowest BCUT2D eigenvalue weighted by Gasteiger charge is -2.51. The lowest BCUT2D eigenvalue weighted by Crippen LogP contribution is -2.44. The predicted molar refractivity (Wildman–Crippen MR) is 162 cm³/mol. The summed E-state index contributed by atoms with van der Waals surface area (Å²) in [4.78, 5) is 34.8. The van der Waals surface area contributed by atoms with Crippen LogP contribution in [0.25, 0.3) is 0 Å². The molecule has 0 saturated heterocycles. The Morgan fingerprint density at radius 2 is 1.40 bits per heavy atom. The van der Waals surface area contributed by atoms with Crippen molar-refractivity contribution in [3.63, 3.8) is 0 Å². The van der Waals surface area contributed by atoms with E-state index >= 15 is 0 Å². The van der Waals surface area contributed by atoms with Gasteiger partial charge in [0, 0.05) is 23.2 Å². The van der Waals surface area contributed by atoms with Crippen molar-refractivity contribution in [3.8, 4) is 11.5 Å². The first-order chi connectivity index (χ1) is 20.8. The molecule has 43 heavy (non-hydrogen) atoms. The van der Waals surface area contributed by atoms with Crippen LogP contribution in [-0.2, 0) is 16.6 Å². The number of rotatable bonds is 5. The van der Waals surface area contributed by atoms with Crippen LogP contribution in [0.1, 0.15) is 76.1 Å². The lowest BCUT2D eigenvalue weighted by molar-refractivity contribution is -0.143. The van der Waals surface area contributed by atoms with Gasteiger partial charge in [-0.05, 0) is 73.2 Å². The molecule has 0 saturated carbocycles. The lowest BCUT2D eigenvalue weighted by atomic mass is 9.51. The van der Waals surface area contributed by atoms with Gasteiger partial charge in [0.15, 0.2) is 5.69 Å².